The molecular formula is C29H25F2N3O4. The molecule has 0 radical (unpaired) electrons. The van der Waals surface area contributed by atoms with Crippen LogP contribution in [0.15, 0.2) is 101 Å². The van der Waals surface area contributed by atoms with Gasteiger partial charge in [0.1, 0.15) is 23.8 Å². The van der Waals surface area contributed by atoms with Gasteiger partial charge in [-0.2, -0.15) is 0 Å². The number of anilines is 1. The molecule has 0 saturated heterocycles. The van der Waals surface area contributed by atoms with E-state index in [-0.39, 0.29) is 42.9 Å². The zero-order valence-electron chi connectivity index (χ0n) is 20.4. The van der Waals surface area contributed by atoms with Crippen molar-refractivity contribution in [2.24, 2.45) is 0 Å². The zero-order valence-corrected chi connectivity index (χ0v) is 20.4. The number of urea groups is 1. The van der Waals surface area contributed by atoms with Crippen molar-refractivity contribution in [2.45, 2.75) is 13.1 Å². The normalized spacial score (nSPS) is 10.7. The van der Waals surface area contributed by atoms with Crippen molar-refractivity contribution in [1.82, 2.24) is 9.80 Å². The van der Waals surface area contributed by atoms with Crippen LogP contribution in [-0.2, 0) is 17.9 Å². The highest BCUT2D eigenvalue weighted by Crippen LogP contribution is 2.16. The predicted octanol–water partition coefficient (Wildman–Crippen LogP) is 5.32. The largest absolute Gasteiger partial charge is 0.464 e. The van der Waals surface area contributed by atoms with Crippen LogP contribution in [0.4, 0.5) is 19.3 Å². The molecule has 4 aromatic rings. The van der Waals surface area contributed by atoms with Crippen LogP contribution in [-0.4, -0.2) is 34.8 Å². The third-order valence-corrected chi connectivity index (χ3v) is 5.83. The third-order valence-electron chi connectivity index (χ3n) is 5.83. The first-order valence-corrected chi connectivity index (χ1v) is 11.8. The maximum absolute atomic E-state index is 14.1. The number of fused-ring (bicyclic) bond motifs is 1. The molecule has 1 N–H and O–H groups in total. The SMILES string of the molecule is C=CCN(CC(=O)N(Cc1ccc(F)cc1)Cc1coc2ccccc2c1=O)C(=O)Nc1ccccc1F. The lowest BCUT2D eigenvalue weighted by Crippen LogP contribution is -2.44. The molecule has 0 fully saturated rings. The smallest absolute Gasteiger partial charge is 0.322 e. The minimum absolute atomic E-state index is 0.00846. The summed E-state index contributed by atoms with van der Waals surface area (Å²) in [5, 5.41) is 2.83. The first kappa shape index (κ1) is 26.3. The highest BCUT2D eigenvalue weighted by molar-refractivity contribution is 5.92. The second-order valence-electron chi connectivity index (χ2n) is 8.54. The molecule has 0 aliphatic rings. The summed E-state index contributed by atoms with van der Waals surface area (Å²) in [4.78, 5) is 42.0. The number of nitrogens with zero attached hydrogens (tertiary/aromatic N) is 2. The lowest BCUT2D eigenvalue weighted by Gasteiger charge is -2.27. The van der Waals surface area contributed by atoms with E-state index in [1.54, 1.807) is 30.3 Å². The van der Waals surface area contributed by atoms with Gasteiger partial charge in [-0.05, 0) is 42.0 Å². The fraction of sp³-hybridized carbons (Fsp3) is 0.138. The number of hydrogen-bond donors (Lipinski definition) is 1. The Bertz CT molecular complexity index is 1520. The van der Waals surface area contributed by atoms with Crippen LogP contribution in [0, 0.1) is 11.6 Å². The summed E-state index contributed by atoms with van der Waals surface area (Å²) in [6.45, 7) is 3.19. The number of benzene rings is 3. The van der Waals surface area contributed by atoms with Crippen molar-refractivity contribution in [2.75, 3.05) is 18.4 Å². The number of amides is 3. The van der Waals surface area contributed by atoms with Gasteiger partial charge in [-0.15, -0.1) is 6.58 Å². The van der Waals surface area contributed by atoms with Gasteiger partial charge in [-0.1, -0.05) is 42.5 Å². The monoisotopic (exact) mass is 517 g/mol. The fourth-order valence-electron chi connectivity index (χ4n) is 3.87. The molecule has 0 spiro atoms. The van der Waals surface area contributed by atoms with Crippen molar-refractivity contribution >= 4 is 28.6 Å². The average Bonchev–Trinajstić information content (AvgIpc) is 2.92. The van der Waals surface area contributed by atoms with E-state index in [2.05, 4.69) is 11.9 Å². The summed E-state index contributed by atoms with van der Waals surface area (Å²) >= 11 is 0. The van der Waals surface area contributed by atoms with Gasteiger partial charge in [0.05, 0.1) is 29.4 Å². The van der Waals surface area contributed by atoms with Gasteiger partial charge < -0.3 is 19.5 Å². The van der Waals surface area contributed by atoms with Crippen LogP contribution in [0.2, 0.25) is 0 Å². The quantitative estimate of drug-likeness (QED) is 0.305. The Morgan fingerprint density at radius 3 is 2.37 bits per heavy atom. The van der Waals surface area contributed by atoms with Crippen LogP contribution >= 0.6 is 0 Å². The molecule has 0 saturated carbocycles. The van der Waals surface area contributed by atoms with Gasteiger partial charge in [0.15, 0.2) is 5.43 Å². The molecule has 4 rings (SSSR count). The number of halogens is 2. The standard InChI is InChI=1S/C29H25F2N3O4/c1-2-15-33(29(37)32-25-9-5-4-8-24(25)31)18-27(35)34(16-20-11-13-22(30)14-12-20)17-21-19-38-26-10-6-3-7-23(26)28(21)36/h2-14,19H,1,15-18H2,(H,32,37). The fourth-order valence-corrected chi connectivity index (χ4v) is 3.87. The van der Waals surface area contributed by atoms with E-state index in [9.17, 15) is 23.2 Å². The van der Waals surface area contributed by atoms with Gasteiger partial charge in [0.25, 0.3) is 0 Å². The Labute approximate surface area is 217 Å². The minimum atomic E-state index is -0.699. The van der Waals surface area contributed by atoms with Gasteiger partial charge in [-0.25, -0.2) is 13.6 Å². The summed E-state index contributed by atoms with van der Waals surface area (Å²) in [5.41, 5.74) is 0.959. The van der Waals surface area contributed by atoms with Gasteiger partial charge in [-0.3, -0.25) is 9.59 Å². The maximum Gasteiger partial charge on any atom is 0.322 e. The van der Waals surface area contributed by atoms with Crippen molar-refractivity contribution < 1.29 is 22.8 Å². The molecule has 3 aromatic carbocycles. The topological polar surface area (TPSA) is 82.9 Å². The van der Waals surface area contributed by atoms with E-state index < -0.39 is 23.6 Å². The molecule has 0 aliphatic carbocycles. The highest BCUT2D eigenvalue weighted by Gasteiger charge is 2.23. The van der Waals surface area contributed by atoms with Crippen molar-refractivity contribution in [3.8, 4) is 0 Å². The summed E-state index contributed by atoms with van der Waals surface area (Å²) < 4.78 is 33.1. The molecule has 1 aromatic heterocycles. The number of carbonyl (C=O) groups excluding carboxylic acids is 2. The Hall–Kier alpha value is -4.79. The maximum atomic E-state index is 14.1. The second-order valence-corrected chi connectivity index (χ2v) is 8.54. The van der Waals surface area contributed by atoms with Crippen LogP contribution in [0.1, 0.15) is 11.1 Å². The van der Waals surface area contributed by atoms with E-state index in [0.717, 1.165) is 0 Å². The Balaban J connectivity index is 1.59. The van der Waals surface area contributed by atoms with Gasteiger partial charge in [0.2, 0.25) is 5.91 Å². The first-order chi connectivity index (χ1) is 18.4. The van der Waals surface area contributed by atoms with Crippen molar-refractivity contribution in [3.05, 3.63) is 125 Å². The van der Waals surface area contributed by atoms with Crippen LogP contribution in [0.3, 0.4) is 0 Å². The van der Waals surface area contributed by atoms with Crippen LogP contribution in [0.5, 0.6) is 0 Å². The Kier molecular flexibility index (Phi) is 8.27. The first-order valence-electron chi connectivity index (χ1n) is 11.8. The third kappa shape index (κ3) is 6.31. The summed E-state index contributed by atoms with van der Waals surface area (Å²) in [6.07, 6.45) is 2.75. The van der Waals surface area contributed by atoms with Crippen molar-refractivity contribution in [1.29, 1.82) is 0 Å². The van der Waals surface area contributed by atoms with Crippen LogP contribution < -0.4 is 10.7 Å². The Morgan fingerprint density at radius 2 is 1.63 bits per heavy atom. The molecule has 0 aliphatic heterocycles. The van der Waals surface area contributed by atoms with E-state index in [4.69, 9.17) is 4.42 Å². The lowest BCUT2D eigenvalue weighted by atomic mass is 10.1. The second kappa shape index (κ2) is 12.0. The average molecular weight is 518 g/mol. The highest BCUT2D eigenvalue weighted by atomic mass is 19.1. The summed E-state index contributed by atoms with van der Waals surface area (Å²) in [7, 11) is 0. The molecule has 9 heteroatoms. The molecule has 3 amide bonds. The molecule has 38 heavy (non-hydrogen) atoms. The van der Waals surface area contributed by atoms with E-state index in [1.807, 2.05) is 0 Å². The zero-order chi connectivity index (χ0) is 27.1. The van der Waals surface area contributed by atoms with Gasteiger partial charge >= 0.3 is 6.03 Å². The summed E-state index contributed by atoms with van der Waals surface area (Å²) in [6, 6.07) is 17.3. The minimum Gasteiger partial charge on any atom is -0.464 e. The van der Waals surface area contributed by atoms with E-state index in [0.29, 0.717) is 16.5 Å². The predicted molar refractivity (Wildman–Crippen MR) is 140 cm³/mol. The van der Waals surface area contributed by atoms with E-state index in [1.165, 1.54) is 64.6 Å². The van der Waals surface area contributed by atoms with E-state index >= 15 is 0 Å². The number of hydrogen-bond acceptors (Lipinski definition) is 4. The molecule has 194 valence electrons. The molecule has 1 heterocycles. The molecular weight excluding hydrogens is 492 g/mol. The van der Waals surface area contributed by atoms with Crippen LogP contribution in [0.25, 0.3) is 11.0 Å². The lowest BCUT2D eigenvalue weighted by molar-refractivity contribution is -0.133. The molecule has 0 atom stereocenters. The number of rotatable bonds is 9. The van der Waals surface area contributed by atoms with Crippen molar-refractivity contribution in [3.63, 3.8) is 0 Å². The molecule has 7 nitrogen and oxygen atoms in total. The summed E-state index contributed by atoms with van der Waals surface area (Å²) in [5.74, 6) is -1.54. The number of carbonyl (C=O) groups is 2. The number of para-hydroxylation sites is 2. The Morgan fingerprint density at radius 1 is 0.921 bits per heavy atom. The molecule has 0 unspecified atom stereocenters. The van der Waals surface area contributed by atoms with Gasteiger partial charge in [0, 0.05) is 13.1 Å². The molecule has 0 bridgehead atoms. The number of nitrogens with one attached hydrogen (secondary N) is 1.